The molecule has 0 fully saturated rings. The number of halogens is 2. The molecule has 0 saturated heterocycles. The summed E-state index contributed by atoms with van der Waals surface area (Å²) in [4.78, 5) is 0. The summed E-state index contributed by atoms with van der Waals surface area (Å²) in [5, 5.41) is 8.85. The highest BCUT2D eigenvalue weighted by Gasteiger charge is 2.27. The molecule has 3 nitrogen and oxygen atoms in total. The second-order valence-electron chi connectivity index (χ2n) is 5.55. The predicted octanol–water partition coefficient (Wildman–Crippen LogP) is 3.96. The van der Waals surface area contributed by atoms with Crippen molar-refractivity contribution in [2.24, 2.45) is 4.40 Å². The highest BCUT2D eigenvalue weighted by Crippen LogP contribution is 2.27. The van der Waals surface area contributed by atoms with Gasteiger partial charge in [0, 0.05) is 11.1 Å². The molecule has 6 heteroatoms. The molecule has 0 aliphatic carbocycles. The molecule has 0 bridgehead atoms. The van der Waals surface area contributed by atoms with E-state index in [1.165, 1.54) is 12.1 Å². The molecule has 0 spiro atoms. The molecule has 1 aromatic rings. The van der Waals surface area contributed by atoms with Crippen LogP contribution >= 0.6 is 0 Å². The Kier molecular flexibility index (Phi) is 5.87. The topological polar surface area (TPSA) is 59.2 Å². The maximum atomic E-state index is 13.0. The predicted molar refractivity (Wildman–Crippen MR) is 80.8 cm³/mol. The number of alkyl halides is 2. The Bertz CT molecular complexity index is 574. The van der Waals surface area contributed by atoms with Gasteiger partial charge in [-0.1, -0.05) is 22.6 Å². The van der Waals surface area contributed by atoms with Crippen molar-refractivity contribution in [3.05, 3.63) is 34.9 Å². The van der Waals surface area contributed by atoms with Crippen LogP contribution in [0.25, 0.3) is 0 Å². The van der Waals surface area contributed by atoms with Crippen molar-refractivity contribution in [2.75, 3.05) is 0 Å². The Labute approximate surface area is 127 Å². The van der Waals surface area contributed by atoms with Gasteiger partial charge in [0.15, 0.2) is 0 Å². The SMILES string of the molecule is CC(=N[S@+]([O-])C(C)(C)C)c1cccc(C(F)F)c1CC#N. The lowest BCUT2D eigenvalue weighted by molar-refractivity contribution is 0.150. The Balaban J connectivity index is 3.33. The lowest BCUT2D eigenvalue weighted by atomic mass is 9.96. The first-order chi connectivity index (χ1) is 9.68. The van der Waals surface area contributed by atoms with Crippen molar-refractivity contribution >= 4 is 17.1 Å². The average molecular weight is 312 g/mol. The number of rotatable bonds is 4. The average Bonchev–Trinajstić information content (AvgIpc) is 2.37. The molecule has 114 valence electrons. The zero-order chi connectivity index (χ0) is 16.2. The Morgan fingerprint density at radius 1 is 1.43 bits per heavy atom. The molecule has 0 amide bonds. The molecule has 0 unspecified atom stereocenters. The van der Waals surface area contributed by atoms with E-state index in [4.69, 9.17) is 5.26 Å². The van der Waals surface area contributed by atoms with Gasteiger partial charge in [0.2, 0.25) is 0 Å². The Hall–Kier alpha value is -1.45. The first-order valence-corrected chi connectivity index (χ1v) is 7.53. The summed E-state index contributed by atoms with van der Waals surface area (Å²) in [5.41, 5.74) is 0.926. The minimum absolute atomic E-state index is 0.134. The summed E-state index contributed by atoms with van der Waals surface area (Å²) in [6.07, 6.45) is -2.79. The van der Waals surface area contributed by atoms with Gasteiger partial charge in [0.1, 0.15) is 16.1 Å². The second-order valence-corrected chi connectivity index (χ2v) is 7.45. The van der Waals surface area contributed by atoms with Gasteiger partial charge >= 0.3 is 0 Å². The zero-order valence-electron chi connectivity index (χ0n) is 12.5. The van der Waals surface area contributed by atoms with Crippen LogP contribution in [0, 0.1) is 11.3 Å². The van der Waals surface area contributed by atoms with Gasteiger partial charge in [0.05, 0.1) is 18.2 Å². The van der Waals surface area contributed by atoms with Gasteiger partial charge in [-0.2, -0.15) is 5.26 Å². The van der Waals surface area contributed by atoms with Gasteiger partial charge in [-0.3, -0.25) is 0 Å². The van der Waals surface area contributed by atoms with Crippen molar-refractivity contribution < 1.29 is 13.3 Å². The molecule has 21 heavy (non-hydrogen) atoms. The van der Waals surface area contributed by atoms with Crippen LogP contribution in [0.5, 0.6) is 0 Å². The highest BCUT2D eigenvalue weighted by atomic mass is 32.2. The minimum Gasteiger partial charge on any atom is -0.591 e. The monoisotopic (exact) mass is 312 g/mol. The number of benzene rings is 1. The van der Waals surface area contributed by atoms with E-state index >= 15 is 0 Å². The summed E-state index contributed by atoms with van der Waals surface area (Å²) in [5.74, 6) is 0. The van der Waals surface area contributed by atoms with Crippen LogP contribution < -0.4 is 0 Å². The van der Waals surface area contributed by atoms with Crippen molar-refractivity contribution in [2.45, 2.75) is 45.3 Å². The first kappa shape index (κ1) is 17.6. The Morgan fingerprint density at radius 3 is 2.52 bits per heavy atom. The largest absolute Gasteiger partial charge is 0.591 e. The van der Waals surface area contributed by atoms with Crippen molar-refractivity contribution in [3.63, 3.8) is 0 Å². The maximum Gasteiger partial charge on any atom is 0.264 e. The van der Waals surface area contributed by atoms with E-state index in [0.29, 0.717) is 11.3 Å². The summed E-state index contributed by atoms with van der Waals surface area (Å²) in [7, 11) is 0. The van der Waals surface area contributed by atoms with Crippen LogP contribution in [0.2, 0.25) is 0 Å². The quantitative estimate of drug-likeness (QED) is 0.624. The Morgan fingerprint density at radius 2 is 2.05 bits per heavy atom. The molecule has 1 rings (SSSR count). The molecule has 1 atom stereocenters. The van der Waals surface area contributed by atoms with Crippen molar-refractivity contribution in [3.8, 4) is 6.07 Å². The van der Waals surface area contributed by atoms with E-state index in [1.807, 2.05) is 6.07 Å². The first-order valence-electron chi connectivity index (χ1n) is 6.43. The number of hydrogen-bond acceptors (Lipinski definition) is 3. The molecule has 0 aliphatic rings. The summed E-state index contributed by atoms with van der Waals surface area (Å²) in [6.45, 7) is 6.97. The lowest BCUT2D eigenvalue weighted by Gasteiger charge is -2.19. The fourth-order valence-corrected chi connectivity index (χ4v) is 2.36. The fraction of sp³-hybridized carbons (Fsp3) is 0.467. The summed E-state index contributed by atoms with van der Waals surface area (Å²) < 4.78 is 41.7. The standard InChI is InChI=1S/C15H18F2N2OS/c1-10(19-21(20)15(2,3)4)11-6-5-7-13(14(16)17)12(11)8-9-18/h5-7,14H,8H2,1-4H3/t21-/m1/s1. The summed E-state index contributed by atoms with van der Waals surface area (Å²) in [6, 6.07) is 6.31. The molecular weight excluding hydrogens is 294 g/mol. The van der Waals surface area contributed by atoms with Crippen LogP contribution in [0.1, 0.15) is 50.8 Å². The third-order valence-corrected chi connectivity index (χ3v) is 4.32. The normalized spacial score (nSPS) is 14.1. The molecule has 0 heterocycles. The van der Waals surface area contributed by atoms with Crippen LogP contribution in [0.4, 0.5) is 8.78 Å². The maximum absolute atomic E-state index is 13.0. The van der Waals surface area contributed by atoms with E-state index in [2.05, 4.69) is 4.40 Å². The van der Waals surface area contributed by atoms with Crippen LogP contribution in [0.3, 0.4) is 0 Å². The molecule has 0 N–H and O–H groups in total. The van der Waals surface area contributed by atoms with Gasteiger partial charge < -0.3 is 4.55 Å². The third kappa shape index (κ3) is 4.51. The van der Waals surface area contributed by atoms with E-state index in [-0.39, 0.29) is 17.5 Å². The van der Waals surface area contributed by atoms with Crippen LogP contribution in [-0.4, -0.2) is 15.0 Å². The van der Waals surface area contributed by atoms with Gasteiger partial charge in [-0.15, -0.1) is 0 Å². The van der Waals surface area contributed by atoms with E-state index in [0.717, 1.165) is 0 Å². The molecule has 0 aliphatic heterocycles. The van der Waals surface area contributed by atoms with Gasteiger partial charge in [-0.25, -0.2) is 8.78 Å². The fourth-order valence-electron chi connectivity index (χ4n) is 1.73. The number of nitrogens with zero attached hydrogens (tertiary/aromatic N) is 2. The second kappa shape index (κ2) is 7.01. The minimum atomic E-state index is -2.66. The van der Waals surface area contributed by atoms with Crippen LogP contribution in [0.15, 0.2) is 22.6 Å². The molecule has 0 radical (unpaired) electrons. The highest BCUT2D eigenvalue weighted by molar-refractivity contribution is 7.91. The van der Waals surface area contributed by atoms with Crippen molar-refractivity contribution in [1.82, 2.24) is 0 Å². The molecule has 0 aromatic heterocycles. The molecule has 1 aromatic carbocycles. The van der Waals surface area contributed by atoms with Gasteiger partial charge in [-0.05, 0) is 33.3 Å². The molecular formula is C15H18F2N2OS. The van der Waals surface area contributed by atoms with E-state index in [1.54, 1.807) is 33.8 Å². The van der Waals surface area contributed by atoms with Gasteiger partial charge in [0.25, 0.3) is 6.43 Å². The zero-order valence-corrected chi connectivity index (χ0v) is 13.3. The third-order valence-electron chi connectivity index (χ3n) is 2.84. The van der Waals surface area contributed by atoms with E-state index < -0.39 is 22.5 Å². The summed E-state index contributed by atoms with van der Waals surface area (Å²) >= 11 is -1.48. The smallest absolute Gasteiger partial charge is 0.264 e. The van der Waals surface area contributed by atoms with E-state index in [9.17, 15) is 13.3 Å². The number of hydrogen-bond donors (Lipinski definition) is 0. The number of nitriles is 1. The van der Waals surface area contributed by atoms with Crippen LogP contribution in [-0.2, 0) is 17.8 Å². The molecule has 0 saturated carbocycles. The van der Waals surface area contributed by atoms with Crippen molar-refractivity contribution in [1.29, 1.82) is 5.26 Å². The lowest BCUT2D eigenvalue weighted by Crippen LogP contribution is -2.26.